The molecule has 2 aliphatic rings. The summed E-state index contributed by atoms with van der Waals surface area (Å²) in [6.45, 7) is 0.669. The van der Waals surface area contributed by atoms with Crippen molar-refractivity contribution < 1.29 is 19.1 Å². The molecule has 0 saturated heterocycles. The van der Waals surface area contributed by atoms with E-state index in [1.165, 1.54) is 18.2 Å². The fourth-order valence-corrected chi connectivity index (χ4v) is 3.44. The number of hydrogen-bond donors (Lipinski definition) is 3. The molecule has 1 aromatic carbocycles. The van der Waals surface area contributed by atoms with E-state index in [0.717, 1.165) is 25.7 Å². The molecule has 2 amide bonds. The zero-order valence-corrected chi connectivity index (χ0v) is 14.3. The first-order valence-corrected chi connectivity index (χ1v) is 9.01. The van der Waals surface area contributed by atoms with Crippen molar-refractivity contribution in [2.75, 3.05) is 6.54 Å². The van der Waals surface area contributed by atoms with Crippen molar-refractivity contribution >= 4 is 11.8 Å². The molecule has 1 atom stereocenters. The normalized spacial score (nSPS) is 20.1. The average Bonchev–Trinajstić information content (AvgIpc) is 3.30. The number of carbonyl (C=O) groups excluding carboxylic acids is 2. The van der Waals surface area contributed by atoms with Crippen LogP contribution in [0.4, 0.5) is 4.39 Å². The lowest BCUT2D eigenvalue weighted by atomic mass is 9.95. The molecule has 2 fully saturated rings. The zero-order valence-electron chi connectivity index (χ0n) is 14.3. The molecule has 6 heteroatoms. The Morgan fingerprint density at radius 3 is 2.64 bits per heavy atom. The van der Waals surface area contributed by atoms with Gasteiger partial charge in [-0.2, -0.15) is 0 Å². The Hall–Kier alpha value is -1.95. The van der Waals surface area contributed by atoms with Crippen LogP contribution in [0.5, 0.6) is 0 Å². The molecule has 0 aromatic heterocycles. The maximum atomic E-state index is 13.2. The highest BCUT2D eigenvalue weighted by molar-refractivity contribution is 5.92. The largest absolute Gasteiger partial charge is 0.388 e. The van der Waals surface area contributed by atoms with Crippen LogP contribution >= 0.6 is 0 Å². The number of aliphatic hydroxyl groups excluding tert-OH is 1. The van der Waals surface area contributed by atoms with Crippen molar-refractivity contribution in [1.29, 1.82) is 0 Å². The fraction of sp³-hybridized carbons (Fsp3) is 0.579. The molecular formula is C19H25FN2O3. The van der Waals surface area contributed by atoms with Gasteiger partial charge in [0, 0.05) is 6.54 Å². The molecule has 0 heterocycles. The summed E-state index contributed by atoms with van der Waals surface area (Å²) in [5.74, 6) is -0.387. The highest BCUT2D eigenvalue weighted by atomic mass is 19.1. The number of halogens is 1. The Balaban J connectivity index is 1.59. The van der Waals surface area contributed by atoms with E-state index in [4.69, 9.17) is 0 Å². The molecule has 2 aliphatic carbocycles. The standard InChI is InChI=1S/C19H25FN2O3/c20-15-5-3-4-14(10-15)16(23)11-17(24)22-19(8-1-2-9-19)18(25)21-12-13-6-7-13/h3-5,10,13,16,23H,1-2,6-9,11-12H2,(H,21,25)(H,22,24). The summed E-state index contributed by atoms with van der Waals surface area (Å²) < 4.78 is 13.2. The number of aliphatic hydroxyl groups is 1. The van der Waals surface area contributed by atoms with E-state index in [2.05, 4.69) is 10.6 Å². The van der Waals surface area contributed by atoms with Crippen LogP contribution in [0, 0.1) is 11.7 Å². The predicted molar refractivity (Wildman–Crippen MR) is 91.1 cm³/mol. The third-order valence-electron chi connectivity index (χ3n) is 5.13. The Labute approximate surface area is 147 Å². The first kappa shape index (κ1) is 17.9. The molecule has 136 valence electrons. The van der Waals surface area contributed by atoms with Gasteiger partial charge in [0.15, 0.2) is 0 Å². The average molecular weight is 348 g/mol. The van der Waals surface area contributed by atoms with Crippen LogP contribution in [0.15, 0.2) is 24.3 Å². The minimum absolute atomic E-state index is 0.120. The van der Waals surface area contributed by atoms with E-state index < -0.39 is 17.5 Å². The Morgan fingerprint density at radius 2 is 2.00 bits per heavy atom. The van der Waals surface area contributed by atoms with Gasteiger partial charge in [-0.25, -0.2) is 4.39 Å². The van der Waals surface area contributed by atoms with Crippen molar-refractivity contribution in [3.63, 3.8) is 0 Å². The highest BCUT2D eigenvalue weighted by Gasteiger charge is 2.42. The van der Waals surface area contributed by atoms with Crippen LogP contribution in [-0.2, 0) is 9.59 Å². The van der Waals surface area contributed by atoms with Crippen LogP contribution in [0.1, 0.15) is 56.6 Å². The lowest BCUT2D eigenvalue weighted by Gasteiger charge is -2.29. The predicted octanol–water partition coefficient (Wildman–Crippen LogP) is 2.20. The lowest BCUT2D eigenvalue weighted by Crippen LogP contribution is -2.57. The summed E-state index contributed by atoms with van der Waals surface area (Å²) in [4.78, 5) is 25.0. The maximum Gasteiger partial charge on any atom is 0.245 e. The van der Waals surface area contributed by atoms with Gasteiger partial charge in [-0.15, -0.1) is 0 Å². The Kier molecular flexibility index (Phi) is 5.37. The van der Waals surface area contributed by atoms with Crippen molar-refractivity contribution in [2.45, 2.75) is 56.6 Å². The topological polar surface area (TPSA) is 78.4 Å². The van der Waals surface area contributed by atoms with E-state index in [0.29, 0.717) is 30.9 Å². The highest BCUT2D eigenvalue weighted by Crippen LogP contribution is 2.32. The van der Waals surface area contributed by atoms with E-state index >= 15 is 0 Å². The van der Waals surface area contributed by atoms with Gasteiger partial charge in [0.05, 0.1) is 12.5 Å². The van der Waals surface area contributed by atoms with Gasteiger partial charge in [0.2, 0.25) is 11.8 Å². The van der Waals surface area contributed by atoms with Gasteiger partial charge in [-0.05, 0) is 49.3 Å². The molecule has 0 aliphatic heterocycles. The van der Waals surface area contributed by atoms with Crippen molar-refractivity contribution in [2.24, 2.45) is 5.92 Å². The molecule has 2 saturated carbocycles. The molecule has 3 rings (SSSR count). The molecule has 0 bridgehead atoms. The molecule has 3 N–H and O–H groups in total. The SMILES string of the molecule is O=C(CC(O)c1cccc(F)c1)NC1(C(=O)NCC2CC2)CCCC1. The third-order valence-corrected chi connectivity index (χ3v) is 5.13. The van der Waals surface area contributed by atoms with Crippen molar-refractivity contribution in [3.05, 3.63) is 35.6 Å². The lowest BCUT2D eigenvalue weighted by molar-refractivity contribution is -0.134. The fourth-order valence-electron chi connectivity index (χ4n) is 3.44. The third kappa shape index (κ3) is 4.57. The zero-order chi connectivity index (χ0) is 17.9. The summed E-state index contributed by atoms with van der Waals surface area (Å²) >= 11 is 0. The van der Waals surface area contributed by atoms with Crippen molar-refractivity contribution in [3.8, 4) is 0 Å². The quantitative estimate of drug-likeness (QED) is 0.707. The first-order chi connectivity index (χ1) is 12.0. The number of nitrogens with one attached hydrogen (secondary N) is 2. The van der Waals surface area contributed by atoms with Crippen LogP contribution in [0.25, 0.3) is 0 Å². The summed E-state index contributed by atoms with van der Waals surface area (Å²) in [7, 11) is 0. The molecule has 0 radical (unpaired) electrons. The Morgan fingerprint density at radius 1 is 1.28 bits per heavy atom. The molecule has 1 aromatic rings. The van der Waals surface area contributed by atoms with Gasteiger partial charge in [0.25, 0.3) is 0 Å². The number of amides is 2. The molecule has 0 spiro atoms. The Bertz CT molecular complexity index is 639. The van der Waals surface area contributed by atoms with Crippen LogP contribution < -0.4 is 10.6 Å². The monoisotopic (exact) mass is 348 g/mol. The minimum Gasteiger partial charge on any atom is -0.388 e. The number of hydrogen-bond acceptors (Lipinski definition) is 3. The van der Waals surface area contributed by atoms with Crippen LogP contribution in [0.2, 0.25) is 0 Å². The summed E-state index contributed by atoms with van der Waals surface area (Å²) in [5, 5.41) is 16.0. The maximum absolute atomic E-state index is 13.2. The van der Waals surface area contributed by atoms with Gasteiger partial charge in [-0.3, -0.25) is 9.59 Å². The van der Waals surface area contributed by atoms with Gasteiger partial charge >= 0.3 is 0 Å². The second kappa shape index (κ2) is 7.52. The first-order valence-electron chi connectivity index (χ1n) is 9.01. The van der Waals surface area contributed by atoms with E-state index in [9.17, 15) is 19.1 Å². The van der Waals surface area contributed by atoms with E-state index in [1.807, 2.05) is 0 Å². The molecular weight excluding hydrogens is 323 g/mol. The number of benzene rings is 1. The summed E-state index contributed by atoms with van der Waals surface area (Å²) in [5.41, 5.74) is -0.512. The van der Waals surface area contributed by atoms with E-state index in [-0.39, 0.29) is 18.2 Å². The smallest absolute Gasteiger partial charge is 0.245 e. The van der Waals surface area contributed by atoms with E-state index in [1.54, 1.807) is 6.07 Å². The molecule has 5 nitrogen and oxygen atoms in total. The second-order valence-electron chi connectivity index (χ2n) is 7.27. The van der Waals surface area contributed by atoms with Gasteiger partial charge in [-0.1, -0.05) is 25.0 Å². The van der Waals surface area contributed by atoms with Crippen molar-refractivity contribution in [1.82, 2.24) is 10.6 Å². The molecule has 25 heavy (non-hydrogen) atoms. The number of rotatable bonds is 7. The molecule has 1 unspecified atom stereocenters. The minimum atomic E-state index is -1.09. The summed E-state index contributed by atoms with van der Waals surface area (Å²) in [6, 6.07) is 5.57. The van der Waals surface area contributed by atoms with Gasteiger partial charge < -0.3 is 15.7 Å². The number of carbonyl (C=O) groups is 2. The summed E-state index contributed by atoms with van der Waals surface area (Å²) in [6.07, 6.45) is 4.03. The van der Waals surface area contributed by atoms with Crippen LogP contribution in [-0.4, -0.2) is 29.0 Å². The second-order valence-corrected chi connectivity index (χ2v) is 7.27. The van der Waals surface area contributed by atoms with Crippen LogP contribution in [0.3, 0.4) is 0 Å². The van der Waals surface area contributed by atoms with Gasteiger partial charge in [0.1, 0.15) is 11.4 Å².